The van der Waals surface area contributed by atoms with Crippen molar-refractivity contribution >= 4 is 11.6 Å². The van der Waals surface area contributed by atoms with Crippen LogP contribution in [0.4, 0.5) is 11.6 Å². The van der Waals surface area contributed by atoms with Crippen LogP contribution >= 0.6 is 0 Å². The third-order valence-electron chi connectivity index (χ3n) is 7.71. The van der Waals surface area contributed by atoms with E-state index in [4.69, 9.17) is 9.72 Å². The van der Waals surface area contributed by atoms with E-state index in [1.54, 1.807) is 0 Å². The van der Waals surface area contributed by atoms with Gasteiger partial charge in [0.15, 0.2) is 6.29 Å². The van der Waals surface area contributed by atoms with Gasteiger partial charge in [-0.15, -0.1) is 0 Å². The Labute approximate surface area is 254 Å². The molecular formula is C34H42N6O3. The van der Waals surface area contributed by atoms with Gasteiger partial charge in [-0.2, -0.15) is 0 Å². The quantitative estimate of drug-likeness (QED) is 0.109. The average Bonchev–Trinajstić information content (AvgIpc) is 3.05. The van der Waals surface area contributed by atoms with E-state index >= 15 is 0 Å². The van der Waals surface area contributed by atoms with Gasteiger partial charge in [-0.1, -0.05) is 54.6 Å². The number of pyridine rings is 1. The molecule has 1 aliphatic rings. The van der Waals surface area contributed by atoms with E-state index in [9.17, 15) is 10.2 Å². The van der Waals surface area contributed by atoms with Gasteiger partial charge in [-0.3, -0.25) is 4.90 Å². The SMILES string of the molecule is OC(O)[C@H](CCN(CCCCc1ccc2c(n1)NCCC2)CCOc1ccccc1)Nc1cc(-c2ccccc2)ncn1. The molecule has 2 aromatic carbocycles. The number of benzene rings is 2. The van der Waals surface area contributed by atoms with Crippen LogP contribution in [0.15, 0.2) is 85.2 Å². The number of para-hydroxylation sites is 1. The maximum atomic E-state index is 10.2. The molecule has 226 valence electrons. The first-order valence-electron chi connectivity index (χ1n) is 15.3. The summed E-state index contributed by atoms with van der Waals surface area (Å²) in [4.78, 5) is 15.9. The second-order valence-electron chi connectivity index (χ2n) is 10.9. The molecule has 4 N–H and O–H groups in total. The molecule has 0 fully saturated rings. The number of aryl methyl sites for hydroxylation is 2. The largest absolute Gasteiger partial charge is 0.492 e. The molecule has 0 unspecified atom stereocenters. The summed E-state index contributed by atoms with van der Waals surface area (Å²) < 4.78 is 5.98. The zero-order valence-electron chi connectivity index (χ0n) is 24.6. The van der Waals surface area contributed by atoms with Crippen molar-refractivity contribution in [3.63, 3.8) is 0 Å². The molecular weight excluding hydrogens is 540 g/mol. The van der Waals surface area contributed by atoms with Crippen LogP contribution in [0.5, 0.6) is 5.75 Å². The lowest BCUT2D eigenvalue weighted by atomic mass is 10.1. The molecule has 0 saturated heterocycles. The topological polar surface area (TPSA) is 116 Å². The highest BCUT2D eigenvalue weighted by molar-refractivity contribution is 5.62. The summed E-state index contributed by atoms with van der Waals surface area (Å²) in [6.07, 6.45) is 5.69. The van der Waals surface area contributed by atoms with Crippen molar-refractivity contribution in [2.24, 2.45) is 0 Å². The Kier molecular flexibility index (Phi) is 11.3. The fraction of sp³-hybridized carbons (Fsp3) is 0.382. The van der Waals surface area contributed by atoms with Crippen LogP contribution in [0.1, 0.15) is 36.9 Å². The van der Waals surface area contributed by atoms with Crippen LogP contribution in [-0.2, 0) is 12.8 Å². The summed E-state index contributed by atoms with van der Waals surface area (Å²) in [7, 11) is 0. The summed E-state index contributed by atoms with van der Waals surface area (Å²) in [5.74, 6) is 2.44. The van der Waals surface area contributed by atoms with E-state index in [1.807, 2.05) is 66.7 Å². The van der Waals surface area contributed by atoms with Crippen LogP contribution in [0, 0.1) is 0 Å². The minimum atomic E-state index is -1.54. The number of hydrogen-bond donors (Lipinski definition) is 4. The number of fused-ring (bicyclic) bond motifs is 1. The van der Waals surface area contributed by atoms with E-state index < -0.39 is 12.3 Å². The highest BCUT2D eigenvalue weighted by Gasteiger charge is 2.19. The molecule has 0 spiro atoms. The number of anilines is 2. The van der Waals surface area contributed by atoms with Crippen molar-refractivity contribution in [1.29, 1.82) is 0 Å². The summed E-state index contributed by atoms with van der Waals surface area (Å²) in [6, 6.07) is 25.3. The van der Waals surface area contributed by atoms with E-state index in [0.29, 0.717) is 25.4 Å². The first kappa shape index (κ1) is 30.4. The summed E-state index contributed by atoms with van der Waals surface area (Å²) in [5, 5.41) is 27.1. The zero-order valence-corrected chi connectivity index (χ0v) is 24.6. The number of nitrogens with zero attached hydrogens (tertiary/aromatic N) is 4. The molecule has 2 aromatic heterocycles. The number of hydrogen-bond acceptors (Lipinski definition) is 9. The number of aromatic nitrogens is 3. The van der Waals surface area contributed by atoms with Gasteiger partial charge < -0.3 is 25.6 Å². The predicted octanol–water partition coefficient (Wildman–Crippen LogP) is 4.78. The van der Waals surface area contributed by atoms with Gasteiger partial charge >= 0.3 is 0 Å². The lowest BCUT2D eigenvalue weighted by Gasteiger charge is -2.27. The number of rotatable bonds is 16. The van der Waals surface area contributed by atoms with Crippen LogP contribution in [-0.4, -0.2) is 75.2 Å². The number of aliphatic hydroxyl groups is 2. The molecule has 0 amide bonds. The molecule has 43 heavy (non-hydrogen) atoms. The Morgan fingerprint density at radius 3 is 2.53 bits per heavy atom. The minimum absolute atomic E-state index is 0.520. The fourth-order valence-electron chi connectivity index (χ4n) is 5.30. The highest BCUT2D eigenvalue weighted by Crippen LogP contribution is 2.21. The molecule has 1 atom stereocenters. The molecule has 4 aromatic rings. The maximum absolute atomic E-state index is 10.2. The minimum Gasteiger partial charge on any atom is -0.492 e. The fourth-order valence-corrected chi connectivity index (χ4v) is 5.30. The normalized spacial score (nSPS) is 13.4. The van der Waals surface area contributed by atoms with Crippen molar-refractivity contribution in [3.8, 4) is 17.0 Å². The van der Waals surface area contributed by atoms with Gasteiger partial charge in [-0.05, 0) is 68.8 Å². The second kappa shape index (κ2) is 16.0. The van der Waals surface area contributed by atoms with E-state index in [1.165, 1.54) is 11.9 Å². The van der Waals surface area contributed by atoms with Gasteiger partial charge in [0.05, 0.1) is 11.7 Å². The smallest absolute Gasteiger partial charge is 0.172 e. The Morgan fingerprint density at radius 1 is 0.907 bits per heavy atom. The molecule has 0 saturated carbocycles. The molecule has 1 aliphatic heterocycles. The van der Waals surface area contributed by atoms with Crippen LogP contribution in [0.2, 0.25) is 0 Å². The standard InChI is InChI=1S/C34H42N6O3/c41-34(42)30(39-32-24-31(36-25-37-32)26-10-3-1-4-11-26)18-21-40(22-23-43-29-14-5-2-6-15-29)20-8-7-13-28-17-16-27-12-9-19-35-33(27)38-28/h1-6,10-11,14-17,24-25,30,34,41-42H,7-9,12-13,18-23H2,(H,35,38)(H,36,37,39)/t30-/m0/s1. The van der Waals surface area contributed by atoms with Crippen LogP contribution < -0.4 is 15.4 Å². The Morgan fingerprint density at radius 2 is 1.72 bits per heavy atom. The molecule has 3 heterocycles. The van der Waals surface area contributed by atoms with Crippen molar-refractivity contribution in [1.82, 2.24) is 19.9 Å². The number of ether oxygens (including phenoxy) is 1. The van der Waals surface area contributed by atoms with Crippen molar-refractivity contribution < 1.29 is 14.9 Å². The molecule has 0 bridgehead atoms. The number of nitrogens with one attached hydrogen (secondary N) is 2. The van der Waals surface area contributed by atoms with E-state index in [0.717, 1.165) is 80.3 Å². The van der Waals surface area contributed by atoms with E-state index in [-0.39, 0.29) is 0 Å². The molecule has 0 aliphatic carbocycles. The summed E-state index contributed by atoms with van der Waals surface area (Å²) in [5.41, 5.74) is 4.18. The Bertz CT molecular complexity index is 1390. The third-order valence-corrected chi connectivity index (χ3v) is 7.71. The lowest BCUT2D eigenvalue weighted by Crippen LogP contribution is -2.39. The van der Waals surface area contributed by atoms with Gasteiger partial charge in [0.1, 0.15) is 30.3 Å². The van der Waals surface area contributed by atoms with E-state index in [2.05, 4.69) is 37.6 Å². The van der Waals surface area contributed by atoms with Gasteiger partial charge in [0.25, 0.3) is 0 Å². The molecule has 9 heteroatoms. The lowest BCUT2D eigenvalue weighted by molar-refractivity contribution is -0.0560. The Hall–Kier alpha value is -4.05. The van der Waals surface area contributed by atoms with Crippen LogP contribution in [0.25, 0.3) is 11.3 Å². The first-order valence-corrected chi connectivity index (χ1v) is 15.3. The number of unbranched alkanes of at least 4 members (excludes halogenated alkanes) is 1. The monoisotopic (exact) mass is 582 g/mol. The highest BCUT2D eigenvalue weighted by atomic mass is 16.5. The zero-order chi connectivity index (χ0) is 29.7. The van der Waals surface area contributed by atoms with Gasteiger partial charge in [0.2, 0.25) is 0 Å². The van der Waals surface area contributed by atoms with Gasteiger partial charge in [0, 0.05) is 37.0 Å². The first-order chi connectivity index (χ1) is 21.1. The van der Waals surface area contributed by atoms with Crippen LogP contribution in [0.3, 0.4) is 0 Å². The molecule has 5 rings (SSSR count). The number of aliphatic hydroxyl groups excluding tert-OH is 1. The predicted molar refractivity (Wildman–Crippen MR) is 170 cm³/mol. The second-order valence-corrected chi connectivity index (χ2v) is 10.9. The molecule has 9 nitrogen and oxygen atoms in total. The summed E-state index contributed by atoms with van der Waals surface area (Å²) >= 11 is 0. The molecule has 0 radical (unpaired) electrons. The maximum Gasteiger partial charge on any atom is 0.172 e. The van der Waals surface area contributed by atoms with Crippen molar-refractivity contribution in [3.05, 3.63) is 96.4 Å². The van der Waals surface area contributed by atoms with Crippen molar-refractivity contribution in [2.75, 3.05) is 43.4 Å². The summed E-state index contributed by atoms with van der Waals surface area (Å²) in [6.45, 7) is 3.82. The Balaban J connectivity index is 1.16. The van der Waals surface area contributed by atoms with Crippen molar-refractivity contribution in [2.45, 2.75) is 50.9 Å². The van der Waals surface area contributed by atoms with Gasteiger partial charge in [-0.25, -0.2) is 15.0 Å². The average molecular weight is 583 g/mol. The third kappa shape index (κ3) is 9.47.